The molecule has 1 heterocycles. The first-order valence-corrected chi connectivity index (χ1v) is 5.84. The lowest BCUT2D eigenvalue weighted by Gasteiger charge is -2.11. The molecular weight excluding hydrogens is 198 g/mol. The number of aromatic amines is 1. The van der Waals surface area contributed by atoms with E-state index in [1.165, 1.54) is 10.9 Å². The average molecular weight is 217 g/mol. The lowest BCUT2D eigenvalue weighted by Crippen LogP contribution is -2.10. The van der Waals surface area contributed by atoms with Crippen LogP contribution in [0.25, 0.3) is 10.9 Å². The zero-order valence-corrected chi connectivity index (χ0v) is 9.45. The minimum atomic E-state index is 0.130. The van der Waals surface area contributed by atoms with Crippen LogP contribution in [0.3, 0.4) is 0 Å². The van der Waals surface area contributed by atoms with Gasteiger partial charge in [0.1, 0.15) is 0 Å². The molecule has 0 unspecified atom stereocenters. The van der Waals surface area contributed by atoms with Gasteiger partial charge < -0.3 is 16.5 Å². The Morgan fingerprint density at radius 1 is 1.19 bits per heavy atom. The highest BCUT2D eigenvalue weighted by Gasteiger charge is 2.06. The van der Waals surface area contributed by atoms with Crippen LogP contribution < -0.4 is 11.5 Å². The van der Waals surface area contributed by atoms with E-state index < -0.39 is 0 Å². The number of rotatable bonds is 5. The van der Waals surface area contributed by atoms with Crippen molar-refractivity contribution < 1.29 is 0 Å². The van der Waals surface area contributed by atoms with E-state index in [1.54, 1.807) is 0 Å². The molecule has 0 radical (unpaired) electrons. The maximum Gasteiger partial charge on any atom is 0.0454 e. The summed E-state index contributed by atoms with van der Waals surface area (Å²) in [5, 5.41) is 1.23. The Morgan fingerprint density at radius 2 is 2.06 bits per heavy atom. The highest BCUT2D eigenvalue weighted by molar-refractivity contribution is 5.80. The van der Waals surface area contributed by atoms with Crippen LogP contribution in [-0.2, 0) is 0 Å². The fourth-order valence-corrected chi connectivity index (χ4v) is 1.98. The van der Waals surface area contributed by atoms with Gasteiger partial charge in [-0.25, -0.2) is 0 Å². The second-order valence-corrected chi connectivity index (χ2v) is 4.22. The maximum absolute atomic E-state index is 6.14. The van der Waals surface area contributed by atoms with Crippen LogP contribution in [0.1, 0.15) is 30.9 Å². The quantitative estimate of drug-likeness (QED) is 0.673. The fourth-order valence-electron chi connectivity index (χ4n) is 1.98. The van der Waals surface area contributed by atoms with E-state index in [0.717, 1.165) is 31.3 Å². The van der Waals surface area contributed by atoms with Gasteiger partial charge in [-0.1, -0.05) is 12.5 Å². The molecule has 86 valence electrons. The predicted octanol–water partition coefficient (Wildman–Crippen LogP) is 2.30. The number of hydrogen-bond acceptors (Lipinski definition) is 2. The highest BCUT2D eigenvalue weighted by Crippen LogP contribution is 2.21. The molecule has 1 aromatic heterocycles. The molecule has 0 spiro atoms. The lowest BCUT2D eigenvalue weighted by molar-refractivity contribution is 0.591. The zero-order valence-electron chi connectivity index (χ0n) is 9.45. The molecule has 0 amide bonds. The largest absolute Gasteiger partial charge is 0.361 e. The molecule has 0 bridgehead atoms. The SMILES string of the molecule is NCCCC[C@@H](N)c1ccc2[nH]ccc2c1. The first-order chi connectivity index (χ1) is 7.81. The number of hydrogen-bond donors (Lipinski definition) is 3. The molecule has 0 aliphatic heterocycles. The van der Waals surface area contributed by atoms with Crippen molar-refractivity contribution in [1.29, 1.82) is 0 Å². The van der Waals surface area contributed by atoms with E-state index in [1.807, 2.05) is 6.20 Å². The maximum atomic E-state index is 6.14. The first kappa shape index (κ1) is 11.2. The molecule has 16 heavy (non-hydrogen) atoms. The summed E-state index contributed by atoms with van der Waals surface area (Å²) in [6, 6.07) is 8.56. The summed E-state index contributed by atoms with van der Waals surface area (Å²) in [5.41, 5.74) is 14.0. The van der Waals surface area contributed by atoms with Crippen molar-refractivity contribution in [1.82, 2.24) is 4.98 Å². The number of aromatic nitrogens is 1. The number of benzene rings is 1. The summed E-state index contributed by atoms with van der Waals surface area (Å²) in [7, 11) is 0. The van der Waals surface area contributed by atoms with Gasteiger partial charge in [0.2, 0.25) is 0 Å². The van der Waals surface area contributed by atoms with E-state index >= 15 is 0 Å². The molecule has 1 atom stereocenters. The summed E-state index contributed by atoms with van der Waals surface area (Å²) in [4.78, 5) is 3.18. The molecule has 3 nitrogen and oxygen atoms in total. The number of H-pyrrole nitrogens is 1. The summed E-state index contributed by atoms with van der Waals surface area (Å²) in [6.45, 7) is 0.754. The topological polar surface area (TPSA) is 67.8 Å². The van der Waals surface area contributed by atoms with Crippen LogP contribution in [0.5, 0.6) is 0 Å². The van der Waals surface area contributed by atoms with Gasteiger partial charge in [0, 0.05) is 17.8 Å². The Balaban J connectivity index is 2.07. The van der Waals surface area contributed by atoms with Crippen molar-refractivity contribution in [3.05, 3.63) is 36.0 Å². The van der Waals surface area contributed by atoms with Gasteiger partial charge in [-0.2, -0.15) is 0 Å². The fraction of sp³-hybridized carbons (Fsp3) is 0.385. The van der Waals surface area contributed by atoms with Crippen LogP contribution in [0.4, 0.5) is 0 Å². The van der Waals surface area contributed by atoms with Crippen molar-refractivity contribution >= 4 is 10.9 Å². The molecule has 5 N–H and O–H groups in total. The third-order valence-corrected chi connectivity index (χ3v) is 2.97. The Hall–Kier alpha value is -1.32. The van der Waals surface area contributed by atoms with Crippen LogP contribution >= 0.6 is 0 Å². The molecular formula is C13H19N3. The second kappa shape index (κ2) is 5.14. The number of fused-ring (bicyclic) bond motifs is 1. The Labute approximate surface area is 95.8 Å². The van der Waals surface area contributed by atoms with Crippen molar-refractivity contribution in [3.8, 4) is 0 Å². The van der Waals surface area contributed by atoms with Gasteiger partial charge in [-0.15, -0.1) is 0 Å². The highest BCUT2D eigenvalue weighted by atomic mass is 14.7. The van der Waals surface area contributed by atoms with Crippen LogP contribution in [0.15, 0.2) is 30.5 Å². The van der Waals surface area contributed by atoms with E-state index in [4.69, 9.17) is 11.5 Å². The minimum absolute atomic E-state index is 0.130. The van der Waals surface area contributed by atoms with Crippen molar-refractivity contribution in [2.45, 2.75) is 25.3 Å². The van der Waals surface area contributed by atoms with Crippen LogP contribution in [0.2, 0.25) is 0 Å². The summed E-state index contributed by atoms with van der Waals surface area (Å²) in [5.74, 6) is 0. The van der Waals surface area contributed by atoms with E-state index in [9.17, 15) is 0 Å². The molecule has 0 aliphatic rings. The molecule has 1 aromatic carbocycles. The molecule has 0 saturated heterocycles. The van der Waals surface area contributed by atoms with Gasteiger partial charge in [-0.05, 0) is 48.5 Å². The monoisotopic (exact) mass is 217 g/mol. The van der Waals surface area contributed by atoms with Gasteiger partial charge >= 0.3 is 0 Å². The van der Waals surface area contributed by atoms with E-state index in [-0.39, 0.29) is 6.04 Å². The van der Waals surface area contributed by atoms with Crippen LogP contribution in [0, 0.1) is 0 Å². The Morgan fingerprint density at radius 3 is 2.88 bits per heavy atom. The minimum Gasteiger partial charge on any atom is -0.361 e. The van der Waals surface area contributed by atoms with E-state index in [2.05, 4.69) is 29.2 Å². The van der Waals surface area contributed by atoms with E-state index in [0.29, 0.717) is 0 Å². The lowest BCUT2D eigenvalue weighted by atomic mass is 10.0. The Kier molecular flexibility index (Phi) is 3.59. The first-order valence-electron chi connectivity index (χ1n) is 5.84. The number of unbranched alkanes of at least 4 members (excludes halogenated alkanes) is 1. The molecule has 3 heteroatoms. The third-order valence-electron chi connectivity index (χ3n) is 2.97. The van der Waals surface area contributed by atoms with Gasteiger partial charge in [0.25, 0.3) is 0 Å². The number of nitrogens with two attached hydrogens (primary N) is 2. The van der Waals surface area contributed by atoms with Crippen molar-refractivity contribution in [2.24, 2.45) is 11.5 Å². The standard InChI is InChI=1S/C13H19N3/c14-7-2-1-3-12(15)10-4-5-13-11(9-10)6-8-16-13/h4-6,8-9,12,16H,1-3,7,14-15H2/t12-/m1/s1. The van der Waals surface area contributed by atoms with Crippen LogP contribution in [-0.4, -0.2) is 11.5 Å². The predicted molar refractivity (Wildman–Crippen MR) is 68.1 cm³/mol. The second-order valence-electron chi connectivity index (χ2n) is 4.22. The van der Waals surface area contributed by atoms with Crippen molar-refractivity contribution in [2.75, 3.05) is 6.54 Å². The summed E-state index contributed by atoms with van der Waals surface area (Å²) >= 11 is 0. The van der Waals surface area contributed by atoms with Crippen molar-refractivity contribution in [3.63, 3.8) is 0 Å². The van der Waals surface area contributed by atoms with Gasteiger partial charge in [-0.3, -0.25) is 0 Å². The average Bonchev–Trinajstić information content (AvgIpc) is 2.76. The Bertz CT molecular complexity index is 447. The molecule has 0 fully saturated rings. The van der Waals surface area contributed by atoms with Gasteiger partial charge in [0.15, 0.2) is 0 Å². The van der Waals surface area contributed by atoms with Gasteiger partial charge in [0.05, 0.1) is 0 Å². The summed E-state index contributed by atoms with van der Waals surface area (Å²) in [6.07, 6.45) is 5.12. The molecule has 2 aromatic rings. The smallest absolute Gasteiger partial charge is 0.0454 e. The normalized spacial score (nSPS) is 13.1. The number of nitrogens with one attached hydrogen (secondary N) is 1. The molecule has 0 saturated carbocycles. The molecule has 2 rings (SSSR count). The third kappa shape index (κ3) is 2.43. The molecule has 0 aliphatic carbocycles. The zero-order chi connectivity index (χ0) is 11.4. The summed E-state index contributed by atoms with van der Waals surface area (Å²) < 4.78 is 0.